The molecule has 1 heterocycles. The van der Waals surface area contributed by atoms with Crippen LogP contribution in [0.4, 0.5) is 5.69 Å². The number of fused-ring (bicyclic) bond motifs is 1. The molecule has 86 valence electrons. The summed E-state index contributed by atoms with van der Waals surface area (Å²) < 4.78 is 0. The molecule has 0 bridgehead atoms. The van der Waals surface area contributed by atoms with E-state index >= 15 is 0 Å². The fraction of sp³-hybridized carbons (Fsp3) is 0.571. The van der Waals surface area contributed by atoms with E-state index in [1.165, 1.54) is 42.6 Å². The minimum absolute atomic E-state index is 0.737. The monoisotopic (exact) mass is 235 g/mol. The van der Waals surface area contributed by atoms with Crippen molar-refractivity contribution in [2.75, 3.05) is 24.4 Å². The molecule has 1 saturated carbocycles. The Kier molecular flexibility index (Phi) is 2.59. The van der Waals surface area contributed by atoms with E-state index in [-0.39, 0.29) is 0 Å². The fourth-order valence-corrected chi connectivity index (χ4v) is 3.20. The van der Waals surface area contributed by atoms with Gasteiger partial charge in [-0.15, -0.1) is 11.6 Å². The number of halogens is 1. The molecule has 1 nitrogen and oxygen atoms in total. The third kappa shape index (κ3) is 1.71. The van der Waals surface area contributed by atoms with E-state index < -0.39 is 0 Å². The lowest BCUT2D eigenvalue weighted by Crippen LogP contribution is -2.24. The van der Waals surface area contributed by atoms with Crippen molar-refractivity contribution in [3.05, 3.63) is 29.3 Å². The summed E-state index contributed by atoms with van der Waals surface area (Å²) in [6, 6.07) is 7.02. The molecule has 0 saturated heterocycles. The van der Waals surface area contributed by atoms with Crippen LogP contribution in [-0.2, 0) is 6.42 Å². The van der Waals surface area contributed by atoms with Crippen LogP contribution >= 0.6 is 11.6 Å². The van der Waals surface area contributed by atoms with Gasteiger partial charge in [-0.05, 0) is 48.3 Å². The number of hydrogen-bond donors (Lipinski definition) is 0. The summed E-state index contributed by atoms with van der Waals surface area (Å²) in [4.78, 5) is 2.37. The number of hydrogen-bond acceptors (Lipinski definition) is 1. The molecule has 2 atom stereocenters. The summed E-state index contributed by atoms with van der Waals surface area (Å²) in [5, 5.41) is 0. The minimum atomic E-state index is 0.737. The van der Waals surface area contributed by atoms with Gasteiger partial charge in [-0.25, -0.2) is 0 Å². The predicted molar refractivity (Wildman–Crippen MR) is 69.6 cm³/mol. The average molecular weight is 236 g/mol. The van der Waals surface area contributed by atoms with Gasteiger partial charge in [0.2, 0.25) is 0 Å². The third-order valence-electron chi connectivity index (χ3n) is 4.00. The minimum Gasteiger partial charge on any atom is -0.374 e. The Balaban J connectivity index is 1.88. The summed E-state index contributed by atoms with van der Waals surface area (Å²) in [5.41, 5.74) is 4.48. The van der Waals surface area contributed by atoms with Crippen molar-refractivity contribution in [1.29, 1.82) is 0 Å². The summed E-state index contributed by atoms with van der Waals surface area (Å²) in [5.74, 6) is 2.30. The van der Waals surface area contributed by atoms with Gasteiger partial charge in [0.15, 0.2) is 0 Å². The Morgan fingerprint density at radius 3 is 3.06 bits per heavy atom. The van der Waals surface area contributed by atoms with Gasteiger partial charge in [-0.3, -0.25) is 0 Å². The first-order valence-corrected chi connectivity index (χ1v) is 6.73. The summed E-state index contributed by atoms with van der Waals surface area (Å²) in [6.07, 6.45) is 3.82. The molecule has 3 rings (SSSR count). The molecular weight excluding hydrogens is 218 g/mol. The lowest BCUT2D eigenvalue weighted by Gasteiger charge is -2.27. The van der Waals surface area contributed by atoms with Crippen molar-refractivity contribution in [2.45, 2.75) is 25.2 Å². The number of rotatable bonds is 2. The molecule has 2 unspecified atom stereocenters. The van der Waals surface area contributed by atoms with E-state index in [2.05, 4.69) is 30.1 Å². The Morgan fingerprint density at radius 2 is 2.31 bits per heavy atom. The van der Waals surface area contributed by atoms with E-state index in [1.807, 2.05) is 0 Å². The highest BCUT2D eigenvalue weighted by Gasteiger charge is 2.37. The first kappa shape index (κ1) is 10.5. The summed E-state index contributed by atoms with van der Waals surface area (Å²) in [6.45, 7) is 1.19. The Morgan fingerprint density at radius 1 is 1.44 bits per heavy atom. The average Bonchev–Trinajstić information content (AvgIpc) is 3.08. The van der Waals surface area contributed by atoms with Crippen LogP contribution in [0.25, 0.3) is 0 Å². The zero-order chi connectivity index (χ0) is 11.1. The second-order valence-electron chi connectivity index (χ2n) is 5.17. The van der Waals surface area contributed by atoms with Crippen molar-refractivity contribution in [2.24, 2.45) is 5.92 Å². The topological polar surface area (TPSA) is 3.24 Å². The highest BCUT2D eigenvalue weighted by atomic mass is 35.5. The highest BCUT2D eigenvalue weighted by Crippen LogP contribution is 2.48. The Bertz CT molecular complexity index is 402. The van der Waals surface area contributed by atoms with Crippen LogP contribution < -0.4 is 4.90 Å². The maximum atomic E-state index is 5.90. The molecule has 0 amide bonds. The van der Waals surface area contributed by atoms with Crippen molar-refractivity contribution in [1.82, 2.24) is 0 Å². The first-order chi connectivity index (χ1) is 7.79. The second-order valence-corrected chi connectivity index (χ2v) is 5.48. The molecule has 1 aromatic rings. The van der Waals surface area contributed by atoms with Gasteiger partial charge in [0.1, 0.15) is 0 Å². The first-order valence-electron chi connectivity index (χ1n) is 6.19. The standard InChI is InChI=1S/C14H18ClN/c1-16-6-2-3-11-7-10(4-5-14(11)16)13-8-12(13)9-15/h4-5,7,12-13H,2-3,6,8-9H2,1H3. The molecule has 1 aromatic carbocycles. The van der Waals surface area contributed by atoms with Crippen molar-refractivity contribution in [3.63, 3.8) is 0 Å². The zero-order valence-corrected chi connectivity index (χ0v) is 10.5. The lowest BCUT2D eigenvalue weighted by molar-refractivity contribution is 0.742. The van der Waals surface area contributed by atoms with Crippen molar-refractivity contribution in [3.8, 4) is 0 Å². The van der Waals surface area contributed by atoms with Gasteiger partial charge >= 0.3 is 0 Å². The van der Waals surface area contributed by atoms with Crippen molar-refractivity contribution < 1.29 is 0 Å². The predicted octanol–water partition coefficient (Wildman–Crippen LogP) is 3.41. The molecule has 0 N–H and O–H groups in total. The van der Waals surface area contributed by atoms with Crippen LogP contribution in [0.15, 0.2) is 18.2 Å². The lowest BCUT2D eigenvalue weighted by atomic mass is 9.97. The van der Waals surface area contributed by atoms with Crippen LogP contribution in [0, 0.1) is 5.92 Å². The highest BCUT2D eigenvalue weighted by molar-refractivity contribution is 6.18. The molecule has 0 aromatic heterocycles. The molecule has 0 spiro atoms. The smallest absolute Gasteiger partial charge is 0.0396 e. The fourth-order valence-electron chi connectivity index (χ4n) is 2.86. The number of anilines is 1. The van der Waals surface area contributed by atoms with Crippen LogP contribution in [0.5, 0.6) is 0 Å². The molecule has 0 radical (unpaired) electrons. The number of benzene rings is 1. The van der Waals surface area contributed by atoms with Crippen LogP contribution in [0.3, 0.4) is 0 Å². The maximum absolute atomic E-state index is 5.90. The van der Waals surface area contributed by atoms with Crippen LogP contribution in [-0.4, -0.2) is 19.5 Å². The molecule has 1 fully saturated rings. The Labute approximate surface area is 102 Å². The van der Waals surface area contributed by atoms with Gasteiger partial charge in [0.25, 0.3) is 0 Å². The molecule has 2 aliphatic rings. The van der Waals surface area contributed by atoms with Crippen molar-refractivity contribution >= 4 is 17.3 Å². The summed E-state index contributed by atoms with van der Waals surface area (Å²) >= 11 is 5.90. The van der Waals surface area contributed by atoms with E-state index in [9.17, 15) is 0 Å². The quantitative estimate of drug-likeness (QED) is 0.711. The number of nitrogens with zero attached hydrogens (tertiary/aromatic N) is 1. The number of alkyl halides is 1. The maximum Gasteiger partial charge on any atom is 0.0396 e. The SMILES string of the molecule is CN1CCCc2cc(C3CC3CCl)ccc21. The van der Waals surface area contributed by atoms with Gasteiger partial charge in [-0.1, -0.05) is 12.1 Å². The van der Waals surface area contributed by atoms with Gasteiger partial charge in [0, 0.05) is 25.2 Å². The largest absolute Gasteiger partial charge is 0.374 e. The van der Waals surface area contributed by atoms with Gasteiger partial charge < -0.3 is 4.90 Å². The summed E-state index contributed by atoms with van der Waals surface area (Å²) in [7, 11) is 2.19. The van der Waals surface area contributed by atoms with Crippen LogP contribution in [0.2, 0.25) is 0 Å². The van der Waals surface area contributed by atoms with E-state index in [4.69, 9.17) is 11.6 Å². The zero-order valence-electron chi connectivity index (χ0n) is 9.75. The molecule has 16 heavy (non-hydrogen) atoms. The van der Waals surface area contributed by atoms with E-state index in [0.717, 1.165) is 17.7 Å². The van der Waals surface area contributed by atoms with E-state index in [1.54, 1.807) is 0 Å². The molecule has 1 aliphatic carbocycles. The molecule has 1 aliphatic heterocycles. The van der Waals surface area contributed by atoms with Gasteiger partial charge in [-0.2, -0.15) is 0 Å². The van der Waals surface area contributed by atoms with Crippen LogP contribution in [0.1, 0.15) is 29.9 Å². The number of aryl methyl sites for hydroxylation is 1. The second kappa shape index (κ2) is 3.96. The van der Waals surface area contributed by atoms with E-state index in [0.29, 0.717) is 0 Å². The third-order valence-corrected chi connectivity index (χ3v) is 4.40. The van der Waals surface area contributed by atoms with Gasteiger partial charge in [0.05, 0.1) is 0 Å². The molecule has 2 heteroatoms. The molecular formula is C14H18ClN. The normalized spacial score (nSPS) is 27.8. The Hall–Kier alpha value is -0.690.